The number of aryl methyl sites for hydroxylation is 1. The highest BCUT2D eigenvalue weighted by Gasteiger charge is 2.23. The summed E-state index contributed by atoms with van der Waals surface area (Å²) >= 11 is 0. The summed E-state index contributed by atoms with van der Waals surface area (Å²) < 4.78 is 0. The summed E-state index contributed by atoms with van der Waals surface area (Å²) in [5.41, 5.74) is 4.23. The van der Waals surface area contributed by atoms with Crippen LogP contribution in [0.1, 0.15) is 57.7 Å². The number of aromatic amines is 1. The average Bonchev–Trinajstić information content (AvgIpc) is 2.66. The van der Waals surface area contributed by atoms with Crippen LogP contribution in [0.4, 0.5) is 5.69 Å². The van der Waals surface area contributed by atoms with Crippen LogP contribution in [-0.2, 0) is 6.54 Å². The van der Waals surface area contributed by atoms with Crippen molar-refractivity contribution < 1.29 is 0 Å². The van der Waals surface area contributed by atoms with E-state index in [2.05, 4.69) is 53.8 Å². The first kappa shape index (κ1) is 19.0. The fraction of sp³-hybridized carbons (Fsp3) is 0.591. The number of anilines is 1. The molecule has 2 aromatic rings. The molecule has 1 N–H and O–H groups in total. The monoisotopic (exact) mass is 355 g/mol. The van der Waals surface area contributed by atoms with E-state index in [1.165, 1.54) is 19.3 Å². The van der Waals surface area contributed by atoms with Gasteiger partial charge in [0.15, 0.2) is 5.43 Å². The number of benzene rings is 1. The van der Waals surface area contributed by atoms with E-state index in [-0.39, 0.29) is 5.43 Å². The number of likely N-dealkylation sites (tertiary alicyclic amines) is 1. The Morgan fingerprint density at radius 2 is 1.96 bits per heavy atom. The minimum atomic E-state index is 0.200. The number of piperidine rings is 1. The number of H-pyrrole nitrogens is 1. The van der Waals surface area contributed by atoms with E-state index in [1.54, 1.807) is 0 Å². The molecule has 4 heteroatoms. The minimum Gasteiger partial charge on any atom is -0.372 e. The Bertz CT molecular complexity index is 807. The predicted molar refractivity (Wildman–Crippen MR) is 111 cm³/mol. The van der Waals surface area contributed by atoms with Crippen molar-refractivity contribution >= 4 is 16.6 Å². The van der Waals surface area contributed by atoms with Crippen molar-refractivity contribution in [3.63, 3.8) is 0 Å². The van der Waals surface area contributed by atoms with Gasteiger partial charge in [-0.2, -0.15) is 0 Å². The van der Waals surface area contributed by atoms with Gasteiger partial charge in [0.2, 0.25) is 0 Å². The highest BCUT2D eigenvalue weighted by atomic mass is 16.1. The van der Waals surface area contributed by atoms with Crippen molar-refractivity contribution in [3.8, 4) is 0 Å². The lowest BCUT2D eigenvalue weighted by Crippen LogP contribution is -2.39. The standard InChI is InChI=1S/C22H33N3O/c1-5-17-10-8-9-13-25(17)15-20-16(4)23-21-12-11-18(24(6-2)7-3)14-19(21)22(20)26/h11-12,14,17H,5-10,13,15H2,1-4H3,(H,23,26)/t17-/m0/s1. The van der Waals surface area contributed by atoms with Crippen LogP contribution in [0.15, 0.2) is 23.0 Å². The van der Waals surface area contributed by atoms with Crippen LogP contribution in [0.3, 0.4) is 0 Å². The summed E-state index contributed by atoms with van der Waals surface area (Å²) in [5.74, 6) is 0. The van der Waals surface area contributed by atoms with Gasteiger partial charge in [0.1, 0.15) is 0 Å². The van der Waals surface area contributed by atoms with E-state index in [1.807, 2.05) is 6.92 Å². The minimum absolute atomic E-state index is 0.200. The van der Waals surface area contributed by atoms with Gasteiger partial charge in [-0.15, -0.1) is 0 Å². The molecule has 1 atom stereocenters. The zero-order valence-corrected chi connectivity index (χ0v) is 16.8. The third kappa shape index (κ3) is 3.66. The molecule has 1 saturated heterocycles. The van der Waals surface area contributed by atoms with Gasteiger partial charge in [-0.1, -0.05) is 13.3 Å². The van der Waals surface area contributed by atoms with E-state index in [0.29, 0.717) is 6.04 Å². The molecule has 4 nitrogen and oxygen atoms in total. The molecule has 1 aliphatic rings. The number of pyridine rings is 1. The third-order valence-electron chi connectivity index (χ3n) is 6.01. The molecule has 1 aromatic heterocycles. The van der Waals surface area contributed by atoms with E-state index in [9.17, 15) is 4.79 Å². The van der Waals surface area contributed by atoms with Crippen molar-refractivity contribution in [2.75, 3.05) is 24.5 Å². The maximum absolute atomic E-state index is 13.3. The van der Waals surface area contributed by atoms with Crippen LogP contribution in [0.5, 0.6) is 0 Å². The topological polar surface area (TPSA) is 39.3 Å². The first-order valence-corrected chi connectivity index (χ1v) is 10.2. The molecule has 0 saturated carbocycles. The Hall–Kier alpha value is -1.81. The third-order valence-corrected chi connectivity index (χ3v) is 6.01. The molecule has 0 bridgehead atoms. The molecule has 0 unspecified atom stereocenters. The Labute approximate surface area is 157 Å². The summed E-state index contributed by atoms with van der Waals surface area (Å²) in [6.07, 6.45) is 4.98. The van der Waals surface area contributed by atoms with Crippen molar-refractivity contribution in [2.45, 2.75) is 66.0 Å². The summed E-state index contributed by atoms with van der Waals surface area (Å²) in [7, 11) is 0. The van der Waals surface area contributed by atoms with Gasteiger partial charge in [-0.05, 0) is 64.8 Å². The highest BCUT2D eigenvalue weighted by Crippen LogP contribution is 2.24. The van der Waals surface area contributed by atoms with E-state index in [0.717, 1.165) is 60.4 Å². The van der Waals surface area contributed by atoms with Crippen LogP contribution < -0.4 is 10.3 Å². The zero-order chi connectivity index (χ0) is 18.7. The van der Waals surface area contributed by atoms with Crippen LogP contribution >= 0.6 is 0 Å². The average molecular weight is 356 g/mol. The lowest BCUT2D eigenvalue weighted by atomic mass is 9.98. The molecular weight excluding hydrogens is 322 g/mol. The fourth-order valence-electron chi connectivity index (χ4n) is 4.35. The molecule has 26 heavy (non-hydrogen) atoms. The first-order chi connectivity index (χ1) is 12.6. The lowest BCUT2D eigenvalue weighted by molar-refractivity contribution is 0.135. The Morgan fingerprint density at radius 1 is 1.19 bits per heavy atom. The van der Waals surface area contributed by atoms with Gasteiger partial charge in [-0.3, -0.25) is 9.69 Å². The molecule has 2 heterocycles. The summed E-state index contributed by atoms with van der Waals surface area (Å²) in [6.45, 7) is 12.4. The van der Waals surface area contributed by atoms with Crippen LogP contribution in [0.25, 0.3) is 10.9 Å². The van der Waals surface area contributed by atoms with Gasteiger partial charge in [0, 0.05) is 53.5 Å². The maximum Gasteiger partial charge on any atom is 0.194 e. The second-order valence-electron chi connectivity index (χ2n) is 7.49. The Kier molecular flexibility index (Phi) is 6.02. The fourth-order valence-corrected chi connectivity index (χ4v) is 4.35. The number of nitrogens with one attached hydrogen (secondary N) is 1. The Balaban J connectivity index is 2.01. The lowest BCUT2D eigenvalue weighted by Gasteiger charge is -2.35. The quantitative estimate of drug-likeness (QED) is 0.832. The molecule has 0 amide bonds. The second kappa shape index (κ2) is 8.26. The van der Waals surface area contributed by atoms with Crippen molar-refractivity contribution in [3.05, 3.63) is 39.7 Å². The summed E-state index contributed by atoms with van der Waals surface area (Å²) in [6, 6.07) is 6.84. The molecule has 0 radical (unpaired) electrons. The van der Waals surface area contributed by atoms with E-state index in [4.69, 9.17) is 0 Å². The van der Waals surface area contributed by atoms with Gasteiger partial charge >= 0.3 is 0 Å². The second-order valence-corrected chi connectivity index (χ2v) is 7.49. The van der Waals surface area contributed by atoms with Gasteiger partial charge in [0.25, 0.3) is 0 Å². The van der Waals surface area contributed by atoms with E-state index >= 15 is 0 Å². The van der Waals surface area contributed by atoms with Crippen molar-refractivity contribution in [1.82, 2.24) is 9.88 Å². The molecule has 3 rings (SSSR count). The van der Waals surface area contributed by atoms with Crippen LogP contribution in [0.2, 0.25) is 0 Å². The van der Waals surface area contributed by atoms with Gasteiger partial charge in [-0.25, -0.2) is 0 Å². The normalized spacial score (nSPS) is 18.4. The maximum atomic E-state index is 13.3. The molecule has 0 spiro atoms. The number of nitrogens with zero attached hydrogens (tertiary/aromatic N) is 2. The number of hydrogen-bond donors (Lipinski definition) is 1. The predicted octanol–water partition coefficient (Wildman–Crippen LogP) is 4.45. The molecule has 1 aromatic carbocycles. The van der Waals surface area contributed by atoms with E-state index < -0.39 is 0 Å². The first-order valence-electron chi connectivity index (χ1n) is 10.2. The van der Waals surface area contributed by atoms with Crippen molar-refractivity contribution in [2.24, 2.45) is 0 Å². The SMILES string of the molecule is CC[C@H]1CCCCN1Cc1c(C)[nH]c2ccc(N(CC)CC)cc2c1=O. The molecule has 1 aliphatic heterocycles. The molecule has 1 fully saturated rings. The van der Waals surface area contributed by atoms with Gasteiger partial charge < -0.3 is 9.88 Å². The molecule has 0 aliphatic carbocycles. The summed E-state index contributed by atoms with van der Waals surface area (Å²) in [5, 5.41) is 0.819. The summed E-state index contributed by atoms with van der Waals surface area (Å²) in [4.78, 5) is 21.6. The number of aromatic nitrogens is 1. The molecule has 142 valence electrons. The van der Waals surface area contributed by atoms with Crippen LogP contribution in [0, 0.1) is 6.92 Å². The van der Waals surface area contributed by atoms with Crippen molar-refractivity contribution in [1.29, 1.82) is 0 Å². The zero-order valence-electron chi connectivity index (χ0n) is 16.8. The largest absolute Gasteiger partial charge is 0.372 e. The Morgan fingerprint density at radius 3 is 2.65 bits per heavy atom. The number of rotatable bonds is 6. The number of fused-ring (bicyclic) bond motifs is 1. The molecular formula is C22H33N3O. The highest BCUT2D eigenvalue weighted by molar-refractivity contribution is 5.83. The van der Waals surface area contributed by atoms with Gasteiger partial charge in [0.05, 0.1) is 0 Å². The van der Waals surface area contributed by atoms with Crippen LogP contribution in [-0.4, -0.2) is 35.6 Å². The number of hydrogen-bond acceptors (Lipinski definition) is 3. The smallest absolute Gasteiger partial charge is 0.194 e.